The van der Waals surface area contributed by atoms with Crippen molar-refractivity contribution in [2.24, 2.45) is 0 Å². The van der Waals surface area contributed by atoms with Crippen LogP contribution in [0.25, 0.3) is 0 Å². The van der Waals surface area contributed by atoms with Gasteiger partial charge >= 0.3 is 0 Å². The lowest BCUT2D eigenvalue weighted by Crippen LogP contribution is -2.31. The summed E-state index contributed by atoms with van der Waals surface area (Å²) in [6, 6.07) is 14.6. The molecular formula is C18H21NO3. The minimum Gasteiger partial charge on any atom is -0.497 e. The Morgan fingerprint density at radius 3 is 2.55 bits per heavy atom. The maximum Gasteiger partial charge on any atom is 0.253 e. The van der Waals surface area contributed by atoms with E-state index in [1.165, 1.54) is 4.90 Å². The molecule has 4 nitrogen and oxygen atoms in total. The highest BCUT2D eigenvalue weighted by molar-refractivity contribution is 5.94. The molecule has 0 aromatic heterocycles. The molecule has 0 radical (unpaired) electrons. The quantitative estimate of drug-likeness (QED) is 0.923. The Hall–Kier alpha value is -2.33. The summed E-state index contributed by atoms with van der Waals surface area (Å²) in [5.41, 5.74) is 2.45. The first-order valence-electron chi connectivity index (χ1n) is 7.15. The third-order valence-electron chi connectivity index (χ3n) is 3.57. The number of aliphatic hydroxyl groups is 1. The predicted octanol–water partition coefficient (Wildman–Crippen LogP) is 2.81. The maximum atomic E-state index is 12.3. The van der Waals surface area contributed by atoms with Gasteiger partial charge in [0.2, 0.25) is 0 Å². The van der Waals surface area contributed by atoms with Gasteiger partial charge in [0.05, 0.1) is 19.8 Å². The van der Waals surface area contributed by atoms with Gasteiger partial charge in [0, 0.05) is 12.6 Å². The average Bonchev–Trinajstić information content (AvgIpc) is 2.54. The number of likely N-dealkylation sites (N-methyl/N-ethyl adjacent to an activating group) is 1. The van der Waals surface area contributed by atoms with Gasteiger partial charge in [0.15, 0.2) is 0 Å². The van der Waals surface area contributed by atoms with Crippen molar-refractivity contribution in [3.05, 3.63) is 65.2 Å². The Bertz CT molecular complexity index is 637. The van der Waals surface area contributed by atoms with Gasteiger partial charge in [-0.25, -0.2) is 0 Å². The van der Waals surface area contributed by atoms with Crippen LogP contribution >= 0.6 is 0 Å². The standard InChI is InChI=1S/C18H21NO3/c1-13-7-9-14(10-8-13)18(21)19(2)12-17(20)15-5-4-6-16(11-15)22-3/h4-11,17,20H,12H2,1-3H3. The normalized spacial score (nSPS) is 11.8. The zero-order chi connectivity index (χ0) is 16.1. The summed E-state index contributed by atoms with van der Waals surface area (Å²) in [7, 11) is 3.27. The van der Waals surface area contributed by atoms with Crippen molar-refractivity contribution in [3.8, 4) is 5.75 Å². The molecular weight excluding hydrogens is 278 g/mol. The molecule has 0 aliphatic heterocycles. The van der Waals surface area contributed by atoms with Gasteiger partial charge in [-0.05, 0) is 36.8 Å². The minimum absolute atomic E-state index is 0.109. The highest BCUT2D eigenvalue weighted by Gasteiger charge is 2.17. The molecule has 2 aromatic carbocycles. The van der Waals surface area contributed by atoms with Crippen LogP contribution in [0.5, 0.6) is 5.75 Å². The zero-order valence-electron chi connectivity index (χ0n) is 13.1. The lowest BCUT2D eigenvalue weighted by molar-refractivity contribution is 0.0681. The van der Waals surface area contributed by atoms with Gasteiger partial charge in [0.25, 0.3) is 5.91 Å². The fourth-order valence-electron chi connectivity index (χ4n) is 2.21. The number of aliphatic hydroxyl groups excluding tert-OH is 1. The lowest BCUT2D eigenvalue weighted by Gasteiger charge is -2.21. The molecule has 0 aliphatic rings. The number of aryl methyl sites for hydroxylation is 1. The first kappa shape index (κ1) is 16.0. The van der Waals surface area contributed by atoms with Gasteiger partial charge < -0.3 is 14.7 Å². The van der Waals surface area contributed by atoms with E-state index in [0.29, 0.717) is 11.3 Å². The second-order valence-corrected chi connectivity index (χ2v) is 5.34. The van der Waals surface area contributed by atoms with Crippen LogP contribution in [0.15, 0.2) is 48.5 Å². The Labute approximate surface area is 131 Å². The largest absolute Gasteiger partial charge is 0.497 e. The topological polar surface area (TPSA) is 49.8 Å². The van der Waals surface area contributed by atoms with Crippen LogP contribution in [-0.4, -0.2) is 36.6 Å². The van der Waals surface area contributed by atoms with E-state index in [2.05, 4.69) is 0 Å². The molecule has 0 bridgehead atoms. The number of rotatable bonds is 5. The number of hydrogen-bond donors (Lipinski definition) is 1. The second-order valence-electron chi connectivity index (χ2n) is 5.34. The maximum absolute atomic E-state index is 12.3. The van der Waals surface area contributed by atoms with E-state index in [1.807, 2.05) is 37.3 Å². The number of ether oxygens (including phenoxy) is 1. The molecule has 1 N–H and O–H groups in total. The number of nitrogens with zero attached hydrogens (tertiary/aromatic N) is 1. The summed E-state index contributed by atoms with van der Waals surface area (Å²) in [4.78, 5) is 13.9. The molecule has 4 heteroatoms. The fourth-order valence-corrected chi connectivity index (χ4v) is 2.21. The third kappa shape index (κ3) is 3.86. The van der Waals surface area contributed by atoms with E-state index >= 15 is 0 Å². The molecule has 116 valence electrons. The number of carbonyl (C=O) groups is 1. The van der Waals surface area contributed by atoms with E-state index < -0.39 is 6.10 Å². The van der Waals surface area contributed by atoms with Crippen molar-refractivity contribution >= 4 is 5.91 Å². The van der Waals surface area contributed by atoms with Crippen LogP contribution in [0, 0.1) is 6.92 Å². The van der Waals surface area contributed by atoms with Crippen LogP contribution in [0.1, 0.15) is 27.6 Å². The smallest absolute Gasteiger partial charge is 0.253 e. The summed E-state index contributed by atoms with van der Waals surface area (Å²) < 4.78 is 5.15. The van der Waals surface area contributed by atoms with Gasteiger partial charge in [0.1, 0.15) is 5.75 Å². The highest BCUT2D eigenvalue weighted by atomic mass is 16.5. The van der Waals surface area contributed by atoms with E-state index in [9.17, 15) is 9.90 Å². The highest BCUT2D eigenvalue weighted by Crippen LogP contribution is 2.20. The molecule has 1 amide bonds. The van der Waals surface area contributed by atoms with E-state index in [4.69, 9.17) is 4.74 Å². The number of hydrogen-bond acceptors (Lipinski definition) is 3. The lowest BCUT2D eigenvalue weighted by atomic mass is 10.1. The van der Waals surface area contributed by atoms with Crippen LogP contribution in [0.3, 0.4) is 0 Å². The summed E-state index contributed by atoms with van der Waals surface area (Å²) >= 11 is 0. The van der Waals surface area contributed by atoms with Crippen molar-refractivity contribution in [1.29, 1.82) is 0 Å². The van der Waals surface area contributed by atoms with Crippen molar-refractivity contribution < 1.29 is 14.6 Å². The van der Waals surface area contributed by atoms with Crippen LogP contribution in [0.4, 0.5) is 0 Å². The van der Waals surface area contributed by atoms with Crippen molar-refractivity contribution in [3.63, 3.8) is 0 Å². The summed E-state index contributed by atoms with van der Waals surface area (Å²) in [5, 5.41) is 10.3. The Kier molecular flexibility index (Phi) is 5.17. The second kappa shape index (κ2) is 7.09. The zero-order valence-corrected chi connectivity index (χ0v) is 13.1. The summed E-state index contributed by atoms with van der Waals surface area (Å²) in [6.07, 6.45) is -0.755. The molecule has 0 aliphatic carbocycles. The van der Waals surface area contributed by atoms with E-state index in [1.54, 1.807) is 32.4 Å². The number of methoxy groups -OCH3 is 1. The van der Waals surface area contributed by atoms with E-state index in [0.717, 1.165) is 11.1 Å². The predicted molar refractivity (Wildman–Crippen MR) is 86.1 cm³/mol. The molecule has 22 heavy (non-hydrogen) atoms. The van der Waals surface area contributed by atoms with Crippen molar-refractivity contribution in [1.82, 2.24) is 4.90 Å². The van der Waals surface area contributed by atoms with Crippen LogP contribution in [-0.2, 0) is 0 Å². The third-order valence-corrected chi connectivity index (χ3v) is 3.57. The van der Waals surface area contributed by atoms with Gasteiger partial charge in [-0.15, -0.1) is 0 Å². The monoisotopic (exact) mass is 299 g/mol. The fraction of sp³-hybridized carbons (Fsp3) is 0.278. The summed E-state index contributed by atoms with van der Waals surface area (Å²) in [5.74, 6) is 0.575. The van der Waals surface area contributed by atoms with Gasteiger partial charge in [-0.1, -0.05) is 29.8 Å². The molecule has 0 heterocycles. The van der Waals surface area contributed by atoms with Gasteiger partial charge in [-0.3, -0.25) is 4.79 Å². The summed E-state index contributed by atoms with van der Waals surface area (Å²) in [6.45, 7) is 2.20. The molecule has 2 rings (SSSR count). The van der Waals surface area contributed by atoms with E-state index in [-0.39, 0.29) is 12.5 Å². The molecule has 2 aromatic rings. The SMILES string of the molecule is COc1cccc(C(O)CN(C)C(=O)c2ccc(C)cc2)c1. The van der Waals surface area contributed by atoms with Crippen LogP contribution < -0.4 is 4.74 Å². The molecule has 0 spiro atoms. The molecule has 1 unspecified atom stereocenters. The molecule has 0 saturated carbocycles. The molecule has 0 saturated heterocycles. The molecule has 0 fully saturated rings. The van der Waals surface area contributed by atoms with Gasteiger partial charge in [-0.2, -0.15) is 0 Å². The Morgan fingerprint density at radius 1 is 1.23 bits per heavy atom. The Balaban J connectivity index is 2.05. The van der Waals surface area contributed by atoms with Crippen LogP contribution in [0.2, 0.25) is 0 Å². The van der Waals surface area contributed by atoms with Crippen molar-refractivity contribution in [2.75, 3.05) is 20.7 Å². The first-order chi connectivity index (χ1) is 10.5. The Morgan fingerprint density at radius 2 is 1.91 bits per heavy atom. The average molecular weight is 299 g/mol. The number of benzene rings is 2. The number of amides is 1. The number of carbonyl (C=O) groups excluding carboxylic acids is 1. The molecule has 1 atom stereocenters. The minimum atomic E-state index is -0.755. The van der Waals surface area contributed by atoms with Crippen molar-refractivity contribution in [2.45, 2.75) is 13.0 Å². The first-order valence-corrected chi connectivity index (χ1v) is 7.15.